The van der Waals surface area contributed by atoms with Crippen molar-refractivity contribution in [2.24, 2.45) is 0 Å². The van der Waals surface area contributed by atoms with Crippen LogP contribution in [0.3, 0.4) is 0 Å². The molecule has 138 valence electrons. The van der Waals surface area contributed by atoms with E-state index < -0.39 is 0 Å². The quantitative estimate of drug-likeness (QED) is 0.789. The summed E-state index contributed by atoms with van der Waals surface area (Å²) < 4.78 is 0. The van der Waals surface area contributed by atoms with Gasteiger partial charge in [0.2, 0.25) is 0 Å². The molecule has 1 aliphatic heterocycles. The lowest BCUT2D eigenvalue weighted by Crippen LogP contribution is -3.16. The zero-order valence-electron chi connectivity index (χ0n) is 14.7. The van der Waals surface area contributed by atoms with E-state index in [4.69, 9.17) is 23.2 Å². The Bertz CT molecular complexity index is 745. The zero-order chi connectivity index (χ0) is 18.4. The van der Waals surface area contributed by atoms with E-state index in [2.05, 4.69) is 16.3 Å². The van der Waals surface area contributed by atoms with Crippen LogP contribution in [0.4, 0.5) is 5.69 Å². The van der Waals surface area contributed by atoms with E-state index in [0.29, 0.717) is 13.1 Å². The minimum Gasteiger partial charge on any atom is -0.359 e. The van der Waals surface area contributed by atoms with Crippen molar-refractivity contribution in [2.75, 3.05) is 44.2 Å². The first-order valence-electron chi connectivity index (χ1n) is 8.96. The molecule has 0 atom stereocenters. The predicted octanol–water partition coefficient (Wildman–Crippen LogP) is 2.06. The standard InChI is InChI=1S/C20H23Cl2N3O/c21-17-5-3-4-16(14-17)8-9-23-20(26)15-24-10-12-25(13-11-24)19-7-2-1-6-18(19)22/h1-7,14H,8-13,15H2,(H,23,26)/p+1. The number of para-hydroxylation sites is 1. The third kappa shape index (κ3) is 5.37. The molecule has 0 spiro atoms. The summed E-state index contributed by atoms with van der Waals surface area (Å²) in [5, 5.41) is 4.53. The summed E-state index contributed by atoms with van der Waals surface area (Å²) in [6.07, 6.45) is 0.794. The molecule has 26 heavy (non-hydrogen) atoms. The van der Waals surface area contributed by atoms with Gasteiger partial charge in [-0.15, -0.1) is 0 Å². The lowest BCUT2D eigenvalue weighted by Gasteiger charge is -2.33. The third-order valence-corrected chi connectivity index (χ3v) is 5.25. The molecule has 1 heterocycles. The molecule has 0 unspecified atom stereocenters. The van der Waals surface area contributed by atoms with Gasteiger partial charge in [0.05, 0.1) is 36.9 Å². The number of hydrogen-bond donors (Lipinski definition) is 2. The number of anilines is 1. The van der Waals surface area contributed by atoms with Gasteiger partial charge >= 0.3 is 0 Å². The highest BCUT2D eigenvalue weighted by Crippen LogP contribution is 2.24. The molecule has 0 aromatic heterocycles. The van der Waals surface area contributed by atoms with E-state index in [9.17, 15) is 4.79 Å². The Morgan fingerprint density at radius 2 is 1.85 bits per heavy atom. The highest BCUT2D eigenvalue weighted by Gasteiger charge is 2.23. The van der Waals surface area contributed by atoms with E-state index in [-0.39, 0.29) is 5.91 Å². The van der Waals surface area contributed by atoms with Gasteiger partial charge < -0.3 is 15.1 Å². The Balaban J connectivity index is 1.39. The second-order valence-corrected chi connectivity index (χ2v) is 7.44. The Morgan fingerprint density at radius 1 is 1.08 bits per heavy atom. The Labute approximate surface area is 164 Å². The van der Waals surface area contributed by atoms with Gasteiger partial charge in [-0.25, -0.2) is 0 Å². The first-order chi connectivity index (χ1) is 12.6. The summed E-state index contributed by atoms with van der Waals surface area (Å²) in [6.45, 7) is 4.85. The van der Waals surface area contributed by atoms with Crippen LogP contribution in [0.5, 0.6) is 0 Å². The van der Waals surface area contributed by atoms with Gasteiger partial charge in [-0.05, 0) is 36.2 Å². The summed E-state index contributed by atoms with van der Waals surface area (Å²) >= 11 is 12.3. The lowest BCUT2D eigenvalue weighted by molar-refractivity contribution is -0.892. The van der Waals surface area contributed by atoms with E-state index in [1.54, 1.807) is 0 Å². The average molecular weight is 393 g/mol. The molecule has 2 aromatic rings. The number of halogens is 2. The number of rotatable bonds is 6. The van der Waals surface area contributed by atoms with Crippen LogP contribution in [0.2, 0.25) is 10.0 Å². The maximum absolute atomic E-state index is 12.2. The number of nitrogens with zero attached hydrogens (tertiary/aromatic N) is 1. The third-order valence-electron chi connectivity index (χ3n) is 4.70. The average Bonchev–Trinajstić information content (AvgIpc) is 2.63. The topological polar surface area (TPSA) is 36.8 Å². The summed E-state index contributed by atoms with van der Waals surface area (Å²) in [5.41, 5.74) is 2.22. The molecule has 1 fully saturated rings. The van der Waals surface area contributed by atoms with Crippen molar-refractivity contribution in [1.82, 2.24) is 5.32 Å². The van der Waals surface area contributed by atoms with Crippen molar-refractivity contribution in [2.45, 2.75) is 6.42 Å². The summed E-state index contributed by atoms with van der Waals surface area (Å²) in [4.78, 5) is 15.8. The van der Waals surface area contributed by atoms with Crippen LogP contribution < -0.4 is 15.1 Å². The fraction of sp³-hybridized carbons (Fsp3) is 0.350. The van der Waals surface area contributed by atoms with Gasteiger partial charge in [-0.3, -0.25) is 4.79 Å². The molecule has 0 aliphatic carbocycles. The van der Waals surface area contributed by atoms with Gasteiger partial charge in [0, 0.05) is 11.6 Å². The summed E-state index contributed by atoms with van der Waals surface area (Å²) in [5.74, 6) is 0.105. The minimum atomic E-state index is 0.105. The normalized spacial score (nSPS) is 15.1. The van der Waals surface area contributed by atoms with Crippen LogP contribution in [0.15, 0.2) is 48.5 Å². The Morgan fingerprint density at radius 3 is 2.58 bits per heavy atom. The second kappa shape index (κ2) is 9.26. The van der Waals surface area contributed by atoms with Crippen molar-refractivity contribution in [1.29, 1.82) is 0 Å². The molecular formula is C20H24Cl2N3O+. The first-order valence-corrected chi connectivity index (χ1v) is 9.71. The second-order valence-electron chi connectivity index (χ2n) is 6.60. The number of benzene rings is 2. The molecule has 4 nitrogen and oxygen atoms in total. The number of nitrogens with one attached hydrogen (secondary N) is 2. The monoisotopic (exact) mass is 392 g/mol. The number of piperazine rings is 1. The molecule has 1 saturated heterocycles. The SMILES string of the molecule is O=C(C[NH+]1CCN(c2ccccc2Cl)CC1)NCCc1cccc(Cl)c1. The number of amides is 1. The molecular weight excluding hydrogens is 369 g/mol. The zero-order valence-corrected chi connectivity index (χ0v) is 16.2. The van der Waals surface area contributed by atoms with Crippen molar-refractivity contribution in [3.8, 4) is 0 Å². The fourth-order valence-electron chi connectivity index (χ4n) is 3.28. The van der Waals surface area contributed by atoms with Crippen LogP contribution in [0.1, 0.15) is 5.56 Å². The van der Waals surface area contributed by atoms with Crippen molar-refractivity contribution in [3.05, 3.63) is 64.1 Å². The fourth-order valence-corrected chi connectivity index (χ4v) is 3.75. The molecule has 0 bridgehead atoms. The predicted molar refractivity (Wildman–Crippen MR) is 107 cm³/mol. The van der Waals surface area contributed by atoms with Crippen molar-refractivity contribution < 1.29 is 9.69 Å². The van der Waals surface area contributed by atoms with Crippen LogP contribution in [-0.4, -0.2) is 45.2 Å². The number of hydrogen-bond acceptors (Lipinski definition) is 2. The maximum atomic E-state index is 12.2. The van der Waals surface area contributed by atoms with E-state index >= 15 is 0 Å². The molecule has 1 amide bonds. The highest BCUT2D eigenvalue weighted by atomic mass is 35.5. The summed E-state index contributed by atoms with van der Waals surface area (Å²) in [7, 11) is 0. The molecule has 0 saturated carbocycles. The van der Waals surface area contributed by atoms with Gasteiger partial charge in [0.25, 0.3) is 5.91 Å². The molecule has 2 N–H and O–H groups in total. The molecule has 0 radical (unpaired) electrons. The smallest absolute Gasteiger partial charge is 0.275 e. The number of carbonyl (C=O) groups excluding carboxylic acids is 1. The van der Waals surface area contributed by atoms with Crippen LogP contribution >= 0.6 is 23.2 Å². The van der Waals surface area contributed by atoms with Crippen molar-refractivity contribution >= 4 is 34.8 Å². The maximum Gasteiger partial charge on any atom is 0.275 e. The number of quaternary nitrogens is 1. The van der Waals surface area contributed by atoms with Gasteiger partial charge in [0.15, 0.2) is 6.54 Å². The highest BCUT2D eigenvalue weighted by molar-refractivity contribution is 6.33. The van der Waals surface area contributed by atoms with Crippen LogP contribution in [0, 0.1) is 0 Å². The van der Waals surface area contributed by atoms with Gasteiger partial charge in [-0.2, -0.15) is 0 Å². The molecule has 1 aliphatic rings. The van der Waals surface area contributed by atoms with E-state index in [1.165, 1.54) is 4.90 Å². The van der Waals surface area contributed by atoms with Crippen LogP contribution in [-0.2, 0) is 11.2 Å². The number of carbonyl (C=O) groups is 1. The van der Waals surface area contributed by atoms with E-state index in [1.807, 2.05) is 42.5 Å². The Kier molecular flexibility index (Phi) is 6.78. The van der Waals surface area contributed by atoms with E-state index in [0.717, 1.165) is 53.9 Å². The summed E-state index contributed by atoms with van der Waals surface area (Å²) in [6, 6.07) is 15.7. The largest absolute Gasteiger partial charge is 0.359 e. The first kappa shape index (κ1) is 19.0. The van der Waals surface area contributed by atoms with Gasteiger partial charge in [-0.1, -0.05) is 47.5 Å². The van der Waals surface area contributed by atoms with Crippen molar-refractivity contribution in [3.63, 3.8) is 0 Å². The van der Waals surface area contributed by atoms with Crippen LogP contribution in [0.25, 0.3) is 0 Å². The molecule has 2 aromatic carbocycles. The molecule has 6 heteroatoms. The Hall–Kier alpha value is -1.75. The molecule has 3 rings (SSSR count). The lowest BCUT2D eigenvalue weighted by atomic mass is 10.1. The minimum absolute atomic E-state index is 0.105. The van der Waals surface area contributed by atoms with Gasteiger partial charge in [0.1, 0.15) is 0 Å².